The molecule has 0 radical (unpaired) electrons. The lowest BCUT2D eigenvalue weighted by atomic mass is 9.65. The normalized spacial score (nSPS) is 42.0. The molecule has 0 bridgehead atoms. The quantitative estimate of drug-likeness (QED) is 0.561. The van der Waals surface area contributed by atoms with Gasteiger partial charge in [0.2, 0.25) is 0 Å². The fraction of sp³-hybridized carbons (Fsp3) is 1.00. The van der Waals surface area contributed by atoms with Crippen LogP contribution in [0.5, 0.6) is 0 Å². The molecule has 0 N–H and O–H groups in total. The Morgan fingerprint density at radius 3 is 2.00 bits per heavy atom. The van der Waals surface area contributed by atoms with E-state index in [0.29, 0.717) is 10.7 Å². The predicted molar refractivity (Wildman–Crippen MR) is 63.3 cm³/mol. The van der Waals surface area contributed by atoms with Crippen LogP contribution in [0.2, 0.25) is 0 Å². The molecular formula is C12H24S. The van der Waals surface area contributed by atoms with Crippen molar-refractivity contribution < 1.29 is 0 Å². The summed E-state index contributed by atoms with van der Waals surface area (Å²) >= 11 is 4.69. The van der Waals surface area contributed by atoms with E-state index in [1.807, 2.05) is 0 Å². The van der Waals surface area contributed by atoms with E-state index in [-0.39, 0.29) is 0 Å². The van der Waals surface area contributed by atoms with Gasteiger partial charge < -0.3 is 0 Å². The van der Waals surface area contributed by atoms with Crippen LogP contribution < -0.4 is 0 Å². The van der Waals surface area contributed by atoms with E-state index in [2.05, 4.69) is 47.2 Å². The maximum absolute atomic E-state index is 4.69. The van der Waals surface area contributed by atoms with Crippen molar-refractivity contribution in [2.24, 2.45) is 23.2 Å². The second-order valence-corrected chi connectivity index (χ2v) is 6.63. The first-order chi connectivity index (χ1) is 5.82. The number of hydrogen-bond acceptors (Lipinski definition) is 1. The Labute approximate surface area is 88.9 Å². The maximum Gasteiger partial charge on any atom is 0.00454 e. The van der Waals surface area contributed by atoms with Crippen LogP contribution in [0, 0.1) is 23.2 Å². The molecule has 0 aromatic heterocycles. The van der Waals surface area contributed by atoms with Crippen LogP contribution in [0.4, 0.5) is 0 Å². The maximum atomic E-state index is 4.69. The Bertz CT molecular complexity index is 168. The van der Waals surface area contributed by atoms with E-state index in [1.165, 1.54) is 12.8 Å². The number of rotatable bonds is 0. The van der Waals surface area contributed by atoms with Crippen molar-refractivity contribution in [1.29, 1.82) is 0 Å². The SMILES string of the molecule is CC1CC(C)C(C(C)(C)C)CC1S. The topological polar surface area (TPSA) is 0 Å². The minimum absolute atomic E-state index is 0.459. The summed E-state index contributed by atoms with van der Waals surface area (Å²) in [5.41, 5.74) is 0.459. The van der Waals surface area contributed by atoms with Crippen LogP contribution in [-0.2, 0) is 0 Å². The van der Waals surface area contributed by atoms with Gasteiger partial charge >= 0.3 is 0 Å². The second kappa shape index (κ2) is 3.84. The third-order valence-electron chi connectivity index (χ3n) is 3.70. The van der Waals surface area contributed by atoms with Gasteiger partial charge in [0.05, 0.1) is 0 Å². The van der Waals surface area contributed by atoms with E-state index >= 15 is 0 Å². The second-order valence-electron chi connectivity index (χ2n) is 5.97. The summed E-state index contributed by atoms with van der Waals surface area (Å²) in [6.07, 6.45) is 2.66. The zero-order chi connectivity index (χ0) is 10.2. The van der Waals surface area contributed by atoms with Crippen molar-refractivity contribution in [3.8, 4) is 0 Å². The molecule has 0 heterocycles. The average molecular weight is 200 g/mol. The molecule has 0 saturated heterocycles. The van der Waals surface area contributed by atoms with Crippen molar-refractivity contribution in [2.75, 3.05) is 0 Å². The van der Waals surface area contributed by atoms with Crippen molar-refractivity contribution in [3.63, 3.8) is 0 Å². The van der Waals surface area contributed by atoms with Gasteiger partial charge in [0.25, 0.3) is 0 Å². The lowest BCUT2D eigenvalue weighted by molar-refractivity contribution is 0.100. The van der Waals surface area contributed by atoms with Crippen LogP contribution >= 0.6 is 12.6 Å². The molecule has 0 aromatic carbocycles. The molecule has 13 heavy (non-hydrogen) atoms. The molecule has 1 fully saturated rings. The highest BCUT2D eigenvalue weighted by atomic mass is 32.1. The summed E-state index contributed by atoms with van der Waals surface area (Å²) in [5.74, 6) is 2.53. The van der Waals surface area contributed by atoms with Crippen molar-refractivity contribution in [2.45, 2.75) is 52.7 Å². The molecule has 0 aliphatic heterocycles. The molecular weight excluding hydrogens is 176 g/mol. The molecule has 0 amide bonds. The number of hydrogen-bond donors (Lipinski definition) is 1. The highest BCUT2D eigenvalue weighted by Gasteiger charge is 2.37. The van der Waals surface area contributed by atoms with E-state index in [0.717, 1.165) is 17.8 Å². The largest absolute Gasteiger partial charge is 0.176 e. The highest BCUT2D eigenvalue weighted by molar-refractivity contribution is 7.81. The van der Waals surface area contributed by atoms with E-state index in [4.69, 9.17) is 0 Å². The smallest absolute Gasteiger partial charge is 0.00454 e. The Morgan fingerprint density at radius 2 is 1.54 bits per heavy atom. The van der Waals surface area contributed by atoms with Crippen molar-refractivity contribution in [1.82, 2.24) is 0 Å². The van der Waals surface area contributed by atoms with Crippen LogP contribution in [0.25, 0.3) is 0 Å². The standard InChI is InChI=1S/C12H24S/c1-8-6-9(2)11(13)7-10(8)12(3,4)5/h8-11,13H,6-7H2,1-5H3. The van der Waals surface area contributed by atoms with Gasteiger partial charge in [-0.05, 0) is 36.0 Å². The first kappa shape index (κ1) is 11.4. The van der Waals surface area contributed by atoms with E-state index in [1.54, 1.807) is 0 Å². The number of thiol groups is 1. The molecule has 4 atom stereocenters. The lowest BCUT2D eigenvalue weighted by Gasteiger charge is -2.43. The van der Waals surface area contributed by atoms with E-state index < -0.39 is 0 Å². The third-order valence-corrected chi connectivity index (χ3v) is 4.41. The molecule has 1 aliphatic rings. The minimum Gasteiger partial charge on any atom is -0.176 e. The van der Waals surface area contributed by atoms with Gasteiger partial charge in [0.15, 0.2) is 0 Å². The van der Waals surface area contributed by atoms with Crippen LogP contribution in [0.15, 0.2) is 0 Å². The highest BCUT2D eigenvalue weighted by Crippen LogP contribution is 2.44. The molecule has 0 aromatic rings. The first-order valence-corrected chi connectivity index (χ1v) is 6.02. The van der Waals surface area contributed by atoms with Gasteiger partial charge in [-0.2, -0.15) is 12.6 Å². The fourth-order valence-electron chi connectivity index (χ4n) is 2.84. The fourth-order valence-corrected chi connectivity index (χ4v) is 3.19. The summed E-state index contributed by atoms with van der Waals surface area (Å²) < 4.78 is 0. The van der Waals surface area contributed by atoms with Crippen LogP contribution in [-0.4, -0.2) is 5.25 Å². The summed E-state index contributed by atoms with van der Waals surface area (Å²) in [5, 5.41) is 0.625. The summed E-state index contributed by atoms with van der Waals surface area (Å²) in [6, 6.07) is 0. The van der Waals surface area contributed by atoms with Crippen molar-refractivity contribution in [3.05, 3.63) is 0 Å². The molecule has 1 rings (SSSR count). The van der Waals surface area contributed by atoms with Gasteiger partial charge in [0, 0.05) is 5.25 Å². The molecule has 1 heteroatoms. The van der Waals surface area contributed by atoms with E-state index in [9.17, 15) is 0 Å². The summed E-state index contributed by atoms with van der Waals surface area (Å²) in [4.78, 5) is 0. The molecule has 4 unspecified atom stereocenters. The van der Waals surface area contributed by atoms with Gasteiger partial charge in [-0.25, -0.2) is 0 Å². The zero-order valence-corrected chi connectivity index (χ0v) is 10.6. The van der Waals surface area contributed by atoms with Crippen molar-refractivity contribution >= 4 is 12.6 Å². The zero-order valence-electron chi connectivity index (χ0n) is 9.67. The lowest BCUT2D eigenvalue weighted by Crippen LogP contribution is -2.37. The van der Waals surface area contributed by atoms with Gasteiger partial charge in [-0.1, -0.05) is 34.6 Å². The summed E-state index contributed by atoms with van der Waals surface area (Å²) in [7, 11) is 0. The molecule has 0 nitrogen and oxygen atoms in total. The minimum atomic E-state index is 0.459. The van der Waals surface area contributed by atoms with Gasteiger partial charge in [-0.15, -0.1) is 0 Å². The predicted octanol–water partition coefficient (Wildman–Crippen LogP) is 4.01. The summed E-state index contributed by atoms with van der Waals surface area (Å²) in [6.45, 7) is 11.8. The monoisotopic (exact) mass is 200 g/mol. The average Bonchev–Trinajstić information content (AvgIpc) is 1.94. The van der Waals surface area contributed by atoms with Crippen LogP contribution in [0.3, 0.4) is 0 Å². The van der Waals surface area contributed by atoms with Gasteiger partial charge in [-0.3, -0.25) is 0 Å². The Morgan fingerprint density at radius 1 is 1.00 bits per heavy atom. The van der Waals surface area contributed by atoms with Gasteiger partial charge in [0.1, 0.15) is 0 Å². The first-order valence-electron chi connectivity index (χ1n) is 5.50. The molecule has 0 spiro atoms. The molecule has 1 aliphatic carbocycles. The molecule has 1 saturated carbocycles. The third kappa shape index (κ3) is 2.65. The Balaban J connectivity index is 2.67. The Hall–Kier alpha value is 0.350. The van der Waals surface area contributed by atoms with Crippen LogP contribution in [0.1, 0.15) is 47.5 Å². The molecule has 78 valence electrons. The Kier molecular flexibility index (Phi) is 3.38.